The van der Waals surface area contributed by atoms with Crippen LogP contribution in [0.5, 0.6) is 0 Å². The van der Waals surface area contributed by atoms with Gasteiger partial charge in [0.1, 0.15) is 0 Å². The minimum atomic E-state index is 0.214. The van der Waals surface area contributed by atoms with Gasteiger partial charge < -0.3 is 9.84 Å². The van der Waals surface area contributed by atoms with Gasteiger partial charge in [0.05, 0.1) is 12.3 Å². The molecule has 0 aromatic carbocycles. The number of aromatic nitrogens is 3. The van der Waals surface area contributed by atoms with Crippen LogP contribution in [0.2, 0.25) is 0 Å². The molecule has 114 valence electrons. The summed E-state index contributed by atoms with van der Waals surface area (Å²) in [5.74, 6) is 1.61. The molecular weight excluding hydrogens is 264 g/mol. The summed E-state index contributed by atoms with van der Waals surface area (Å²) in [6.45, 7) is 7.49. The third-order valence-corrected chi connectivity index (χ3v) is 3.64. The summed E-state index contributed by atoms with van der Waals surface area (Å²) >= 11 is 0. The number of nitrogens with zero attached hydrogens (tertiary/aromatic N) is 3. The van der Waals surface area contributed by atoms with Crippen molar-refractivity contribution in [1.29, 1.82) is 0 Å². The van der Waals surface area contributed by atoms with Gasteiger partial charge in [-0.15, -0.1) is 0 Å². The summed E-state index contributed by atoms with van der Waals surface area (Å²) < 4.78 is 5.43. The molecule has 0 bridgehead atoms. The lowest BCUT2D eigenvalue weighted by Crippen LogP contribution is -2.33. The SMILES string of the molecule is CCCNC(CC)C(C)c1nc(Cc2ccccn2)no1. The van der Waals surface area contributed by atoms with Gasteiger partial charge in [0.15, 0.2) is 5.82 Å². The minimum Gasteiger partial charge on any atom is -0.339 e. The molecule has 0 fully saturated rings. The molecule has 5 nitrogen and oxygen atoms in total. The van der Waals surface area contributed by atoms with Crippen LogP contribution < -0.4 is 5.32 Å². The lowest BCUT2D eigenvalue weighted by atomic mass is 9.99. The number of hydrogen-bond acceptors (Lipinski definition) is 5. The zero-order valence-corrected chi connectivity index (χ0v) is 13.0. The zero-order valence-electron chi connectivity index (χ0n) is 13.0. The van der Waals surface area contributed by atoms with Crippen molar-refractivity contribution in [2.45, 2.75) is 52.0 Å². The lowest BCUT2D eigenvalue weighted by Gasteiger charge is -2.20. The molecule has 5 heteroatoms. The first-order chi connectivity index (χ1) is 10.2. The molecule has 0 spiro atoms. The molecule has 0 saturated carbocycles. The molecule has 21 heavy (non-hydrogen) atoms. The first-order valence-corrected chi connectivity index (χ1v) is 7.70. The molecule has 2 rings (SSSR count). The summed E-state index contributed by atoms with van der Waals surface area (Å²) in [6.07, 6.45) is 4.55. The van der Waals surface area contributed by atoms with E-state index in [4.69, 9.17) is 4.52 Å². The monoisotopic (exact) mass is 288 g/mol. The van der Waals surface area contributed by atoms with E-state index in [9.17, 15) is 0 Å². The molecule has 0 saturated heterocycles. The molecule has 1 N–H and O–H groups in total. The maximum Gasteiger partial charge on any atom is 0.231 e. The highest BCUT2D eigenvalue weighted by atomic mass is 16.5. The first-order valence-electron chi connectivity index (χ1n) is 7.70. The van der Waals surface area contributed by atoms with Gasteiger partial charge in [0.25, 0.3) is 0 Å². The van der Waals surface area contributed by atoms with Crippen molar-refractivity contribution >= 4 is 0 Å². The average molecular weight is 288 g/mol. The lowest BCUT2D eigenvalue weighted by molar-refractivity contribution is 0.317. The Kier molecular flexibility index (Phi) is 5.87. The molecule has 2 unspecified atom stereocenters. The number of hydrogen-bond donors (Lipinski definition) is 1. The van der Waals surface area contributed by atoms with Crippen LogP contribution >= 0.6 is 0 Å². The Morgan fingerprint density at radius 3 is 2.81 bits per heavy atom. The second-order valence-electron chi connectivity index (χ2n) is 5.30. The summed E-state index contributed by atoms with van der Waals surface area (Å²) in [4.78, 5) is 8.81. The Morgan fingerprint density at radius 2 is 2.14 bits per heavy atom. The predicted molar refractivity (Wildman–Crippen MR) is 82.1 cm³/mol. The van der Waals surface area contributed by atoms with Crippen molar-refractivity contribution in [2.24, 2.45) is 0 Å². The van der Waals surface area contributed by atoms with Crippen molar-refractivity contribution in [3.8, 4) is 0 Å². The molecular formula is C16H24N4O. The first kappa shape index (κ1) is 15.6. The molecule has 0 aliphatic rings. The molecule has 2 atom stereocenters. The van der Waals surface area contributed by atoms with Crippen molar-refractivity contribution in [1.82, 2.24) is 20.4 Å². The molecule has 0 aliphatic carbocycles. The minimum absolute atomic E-state index is 0.214. The molecule has 2 aromatic rings. The summed E-state index contributed by atoms with van der Waals surface area (Å²) in [6, 6.07) is 6.21. The highest BCUT2D eigenvalue weighted by Crippen LogP contribution is 2.20. The normalized spacial score (nSPS) is 14.0. The summed E-state index contributed by atoms with van der Waals surface area (Å²) in [7, 11) is 0. The average Bonchev–Trinajstić information content (AvgIpc) is 2.97. The van der Waals surface area contributed by atoms with Gasteiger partial charge in [0, 0.05) is 17.9 Å². The number of nitrogens with one attached hydrogen (secondary N) is 1. The number of rotatable bonds is 8. The fourth-order valence-corrected chi connectivity index (χ4v) is 2.37. The van der Waals surface area contributed by atoms with Crippen molar-refractivity contribution in [2.75, 3.05) is 6.54 Å². The maximum absolute atomic E-state index is 5.43. The Labute approximate surface area is 126 Å². The van der Waals surface area contributed by atoms with Crippen molar-refractivity contribution < 1.29 is 4.52 Å². The van der Waals surface area contributed by atoms with E-state index >= 15 is 0 Å². The molecule has 2 heterocycles. The molecule has 0 amide bonds. The van der Waals surface area contributed by atoms with Gasteiger partial charge >= 0.3 is 0 Å². The van der Waals surface area contributed by atoms with E-state index in [0.29, 0.717) is 24.2 Å². The quantitative estimate of drug-likeness (QED) is 0.809. The maximum atomic E-state index is 5.43. The van der Waals surface area contributed by atoms with Crippen molar-refractivity contribution in [3.05, 3.63) is 41.8 Å². The standard InChI is InChI=1S/C16H24N4O/c1-4-9-18-14(5-2)12(3)16-19-15(20-21-16)11-13-8-6-7-10-17-13/h6-8,10,12,14,18H,4-5,9,11H2,1-3H3. The van der Waals surface area contributed by atoms with Crippen LogP contribution in [0, 0.1) is 0 Å². The van der Waals surface area contributed by atoms with Crippen LogP contribution in [0.25, 0.3) is 0 Å². The largest absolute Gasteiger partial charge is 0.339 e. The highest BCUT2D eigenvalue weighted by molar-refractivity contribution is 5.09. The fraction of sp³-hybridized carbons (Fsp3) is 0.562. The van der Waals surface area contributed by atoms with Gasteiger partial charge in [-0.2, -0.15) is 4.98 Å². The van der Waals surface area contributed by atoms with Gasteiger partial charge in [-0.05, 0) is 31.5 Å². The van der Waals surface area contributed by atoms with E-state index in [2.05, 4.69) is 41.2 Å². The van der Waals surface area contributed by atoms with Crippen LogP contribution in [-0.4, -0.2) is 27.7 Å². The van der Waals surface area contributed by atoms with Crippen LogP contribution in [0.15, 0.2) is 28.9 Å². The van der Waals surface area contributed by atoms with Gasteiger partial charge in [-0.3, -0.25) is 4.98 Å². The smallest absolute Gasteiger partial charge is 0.231 e. The Morgan fingerprint density at radius 1 is 1.29 bits per heavy atom. The Hall–Kier alpha value is -1.75. The second kappa shape index (κ2) is 7.88. The van der Waals surface area contributed by atoms with Crippen LogP contribution in [-0.2, 0) is 6.42 Å². The van der Waals surface area contributed by atoms with E-state index in [0.717, 1.165) is 25.1 Å². The van der Waals surface area contributed by atoms with Crippen molar-refractivity contribution in [3.63, 3.8) is 0 Å². The van der Waals surface area contributed by atoms with E-state index in [1.54, 1.807) is 6.20 Å². The molecule has 0 radical (unpaired) electrons. The summed E-state index contributed by atoms with van der Waals surface area (Å²) in [5, 5.41) is 7.61. The van der Waals surface area contributed by atoms with Gasteiger partial charge in [-0.25, -0.2) is 0 Å². The third kappa shape index (κ3) is 4.36. The van der Waals surface area contributed by atoms with Gasteiger partial charge in [0.2, 0.25) is 5.89 Å². The second-order valence-corrected chi connectivity index (χ2v) is 5.30. The highest BCUT2D eigenvalue weighted by Gasteiger charge is 2.22. The van der Waals surface area contributed by atoms with Gasteiger partial charge in [-0.1, -0.05) is 32.0 Å². The Balaban J connectivity index is 2.01. The summed E-state index contributed by atoms with van der Waals surface area (Å²) in [5.41, 5.74) is 0.952. The van der Waals surface area contributed by atoms with Crippen LogP contribution in [0.4, 0.5) is 0 Å². The Bertz CT molecular complexity index is 526. The van der Waals surface area contributed by atoms with E-state index in [1.165, 1.54) is 0 Å². The zero-order chi connectivity index (χ0) is 15.1. The topological polar surface area (TPSA) is 63.8 Å². The molecule has 0 aliphatic heterocycles. The van der Waals surface area contributed by atoms with Crippen LogP contribution in [0.3, 0.4) is 0 Å². The third-order valence-electron chi connectivity index (χ3n) is 3.64. The fourth-order valence-electron chi connectivity index (χ4n) is 2.37. The van der Waals surface area contributed by atoms with Crippen LogP contribution in [0.1, 0.15) is 56.9 Å². The van der Waals surface area contributed by atoms with E-state index < -0.39 is 0 Å². The van der Waals surface area contributed by atoms with E-state index in [1.807, 2.05) is 18.2 Å². The molecule has 2 aromatic heterocycles. The number of pyridine rings is 1. The predicted octanol–water partition coefficient (Wildman–Crippen LogP) is 2.94. The van der Waals surface area contributed by atoms with E-state index in [-0.39, 0.29) is 5.92 Å².